The van der Waals surface area contributed by atoms with E-state index >= 15 is 0 Å². The molecule has 1 saturated heterocycles. The molecule has 0 unspecified atom stereocenters. The maximum absolute atomic E-state index is 11.8. The number of carbonyl (C=O) groups excluding carboxylic acids is 1. The highest BCUT2D eigenvalue weighted by atomic mass is 16.3. The van der Waals surface area contributed by atoms with Crippen molar-refractivity contribution in [3.8, 4) is 0 Å². The van der Waals surface area contributed by atoms with Crippen LogP contribution in [-0.4, -0.2) is 43.4 Å². The van der Waals surface area contributed by atoms with Crippen LogP contribution >= 0.6 is 0 Å². The van der Waals surface area contributed by atoms with Crippen LogP contribution in [0.3, 0.4) is 0 Å². The van der Waals surface area contributed by atoms with Gasteiger partial charge in [-0.1, -0.05) is 0 Å². The summed E-state index contributed by atoms with van der Waals surface area (Å²) in [5, 5.41) is 3.32. The van der Waals surface area contributed by atoms with Gasteiger partial charge in [-0.2, -0.15) is 0 Å². The van der Waals surface area contributed by atoms with E-state index in [1.165, 1.54) is 6.26 Å². The van der Waals surface area contributed by atoms with Crippen molar-refractivity contribution in [2.45, 2.75) is 18.9 Å². The summed E-state index contributed by atoms with van der Waals surface area (Å²) < 4.78 is 5.09. The smallest absolute Gasteiger partial charge is 0.211 e. The molecule has 2 rings (SSSR count). The van der Waals surface area contributed by atoms with Crippen LogP contribution in [0.5, 0.6) is 0 Å². The number of hydrogen-bond acceptors (Lipinski definition) is 4. The molecule has 1 fully saturated rings. The average Bonchev–Trinajstić information content (AvgIpc) is 2.83. The molecule has 1 aliphatic heterocycles. The molecular weight excluding hydrogens is 204 g/mol. The summed E-state index contributed by atoms with van der Waals surface area (Å²) in [6.07, 6.45) is 3.77. The summed E-state index contributed by atoms with van der Waals surface area (Å²) >= 11 is 0. The van der Waals surface area contributed by atoms with Crippen LogP contribution in [0.4, 0.5) is 0 Å². The maximum atomic E-state index is 11.8. The van der Waals surface area contributed by atoms with Crippen LogP contribution in [0.15, 0.2) is 22.8 Å². The lowest BCUT2D eigenvalue weighted by molar-refractivity contribution is 0.0876. The minimum Gasteiger partial charge on any atom is -0.461 e. The second kappa shape index (κ2) is 5.27. The molecule has 0 bridgehead atoms. The van der Waals surface area contributed by atoms with Gasteiger partial charge in [0.05, 0.1) is 12.8 Å². The molecule has 1 aromatic rings. The predicted octanol–water partition coefficient (Wildman–Crippen LogP) is 1.15. The van der Waals surface area contributed by atoms with E-state index in [1.807, 2.05) is 7.05 Å². The molecule has 0 aliphatic carbocycles. The normalized spacial score (nSPS) is 17.9. The van der Waals surface area contributed by atoms with Crippen LogP contribution < -0.4 is 5.32 Å². The lowest BCUT2D eigenvalue weighted by Gasteiger charge is -2.30. The van der Waals surface area contributed by atoms with Crippen molar-refractivity contribution in [2.75, 3.05) is 26.7 Å². The van der Waals surface area contributed by atoms with Crippen molar-refractivity contribution in [2.24, 2.45) is 0 Å². The Balaban J connectivity index is 1.86. The molecule has 0 aromatic carbocycles. The first-order valence-electron chi connectivity index (χ1n) is 5.75. The van der Waals surface area contributed by atoms with E-state index in [-0.39, 0.29) is 5.78 Å². The summed E-state index contributed by atoms with van der Waals surface area (Å²) in [5.74, 6) is 0.520. The lowest BCUT2D eigenvalue weighted by Crippen LogP contribution is -2.43. The van der Waals surface area contributed by atoms with E-state index in [0.717, 1.165) is 25.9 Å². The fourth-order valence-corrected chi connectivity index (χ4v) is 2.12. The first-order chi connectivity index (χ1) is 7.77. The zero-order valence-electron chi connectivity index (χ0n) is 9.61. The molecule has 0 saturated carbocycles. The van der Waals surface area contributed by atoms with E-state index in [9.17, 15) is 4.79 Å². The number of piperidine rings is 1. The Labute approximate surface area is 95.6 Å². The molecule has 4 heteroatoms. The van der Waals surface area contributed by atoms with Gasteiger partial charge in [0, 0.05) is 6.04 Å². The van der Waals surface area contributed by atoms with Gasteiger partial charge >= 0.3 is 0 Å². The van der Waals surface area contributed by atoms with E-state index in [2.05, 4.69) is 10.2 Å². The molecule has 0 radical (unpaired) electrons. The number of nitrogens with zero attached hydrogens (tertiary/aromatic N) is 1. The standard InChI is InChI=1S/C12H18N2O2/c1-14(10-4-6-13-7-5-10)9-11(15)12-3-2-8-16-12/h2-3,8,10,13H,4-7,9H2,1H3. The maximum Gasteiger partial charge on any atom is 0.211 e. The van der Waals surface area contributed by atoms with Gasteiger partial charge in [0.15, 0.2) is 5.76 Å². The first-order valence-corrected chi connectivity index (χ1v) is 5.75. The predicted molar refractivity (Wildman–Crippen MR) is 61.6 cm³/mol. The fraction of sp³-hybridized carbons (Fsp3) is 0.583. The number of carbonyl (C=O) groups is 1. The zero-order chi connectivity index (χ0) is 11.4. The highest BCUT2D eigenvalue weighted by Gasteiger charge is 2.20. The molecule has 1 N–H and O–H groups in total. The molecule has 0 atom stereocenters. The van der Waals surface area contributed by atoms with Crippen molar-refractivity contribution in [3.05, 3.63) is 24.2 Å². The number of likely N-dealkylation sites (N-methyl/N-ethyl adjacent to an activating group) is 1. The lowest BCUT2D eigenvalue weighted by atomic mass is 10.1. The Kier molecular flexibility index (Phi) is 3.74. The summed E-state index contributed by atoms with van der Waals surface area (Å²) in [6, 6.07) is 3.98. The van der Waals surface area contributed by atoms with Gasteiger partial charge < -0.3 is 9.73 Å². The van der Waals surface area contributed by atoms with Gasteiger partial charge in [0.2, 0.25) is 5.78 Å². The number of rotatable bonds is 4. The van der Waals surface area contributed by atoms with Crippen molar-refractivity contribution in [1.82, 2.24) is 10.2 Å². The number of nitrogens with one attached hydrogen (secondary N) is 1. The second-order valence-electron chi connectivity index (χ2n) is 4.30. The fourth-order valence-electron chi connectivity index (χ4n) is 2.12. The minimum atomic E-state index is 0.0611. The van der Waals surface area contributed by atoms with Gasteiger partial charge in [0.1, 0.15) is 0 Å². The van der Waals surface area contributed by atoms with Gasteiger partial charge in [-0.05, 0) is 45.1 Å². The van der Waals surface area contributed by atoms with E-state index in [0.29, 0.717) is 18.3 Å². The van der Waals surface area contributed by atoms with Gasteiger partial charge in [-0.3, -0.25) is 9.69 Å². The third-order valence-electron chi connectivity index (χ3n) is 3.12. The molecule has 88 valence electrons. The SMILES string of the molecule is CN(CC(=O)c1ccco1)C1CCNCC1. The number of Topliss-reactive ketones (excluding diaryl/α,β-unsaturated/α-hetero) is 1. The minimum absolute atomic E-state index is 0.0611. The molecular formula is C12H18N2O2. The molecule has 0 amide bonds. The number of hydrogen-bond donors (Lipinski definition) is 1. The summed E-state index contributed by atoms with van der Waals surface area (Å²) in [4.78, 5) is 13.9. The van der Waals surface area contributed by atoms with Gasteiger partial charge in [-0.15, -0.1) is 0 Å². The number of ketones is 1. The molecule has 16 heavy (non-hydrogen) atoms. The first kappa shape index (κ1) is 11.4. The highest BCUT2D eigenvalue weighted by molar-refractivity contribution is 5.94. The molecule has 0 spiro atoms. The van der Waals surface area contributed by atoms with Crippen LogP contribution in [0.1, 0.15) is 23.4 Å². The van der Waals surface area contributed by atoms with Gasteiger partial charge in [-0.25, -0.2) is 0 Å². The van der Waals surface area contributed by atoms with E-state index < -0.39 is 0 Å². The topological polar surface area (TPSA) is 45.5 Å². The Morgan fingerprint density at radius 1 is 1.56 bits per heavy atom. The molecule has 4 nitrogen and oxygen atoms in total. The van der Waals surface area contributed by atoms with Crippen LogP contribution in [0.2, 0.25) is 0 Å². The molecule has 1 aromatic heterocycles. The Morgan fingerprint density at radius 3 is 2.94 bits per heavy atom. The third-order valence-corrected chi connectivity index (χ3v) is 3.12. The van der Waals surface area contributed by atoms with Gasteiger partial charge in [0.25, 0.3) is 0 Å². The Morgan fingerprint density at radius 2 is 2.31 bits per heavy atom. The zero-order valence-corrected chi connectivity index (χ0v) is 9.61. The van der Waals surface area contributed by atoms with Crippen molar-refractivity contribution in [1.29, 1.82) is 0 Å². The molecule has 1 aliphatic rings. The van der Waals surface area contributed by atoms with Crippen LogP contribution in [0.25, 0.3) is 0 Å². The summed E-state index contributed by atoms with van der Waals surface area (Å²) in [6.45, 7) is 2.53. The summed E-state index contributed by atoms with van der Waals surface area (Å²) in [5.41, 5.74) is 0. The highest BCUT2D eigenvalue weighted by Crippen LogP contribution is 2.11. The summed E-state index contributed by atoms with van der Waals surface area (Å²) in [7, 11) is 2.01. The van der Waals surface area contributed by atoms with E-state index in [1.54, 1.807) is 12.1 Å². The molecule has 2 heterocycles. The van der Waals surface area contributed by atoms with Crippen molar-refractivity contribution in [3.63, 3.8) is 0 Å². The average molecular weight is 222 g/mol. The Hall–Kier alpha value is -1.13. The number of furan rings is 1. The monoisotopic (exact) mass is 222 g/mol. The quantitative estimate of drug-likeness (QED) is 0.776. The largest absolute Gasteiger partial charge is 0.461 e. The van der Waals surface area contributed by atoms with Crippen LogP contribution in [-0.2, 0) is 0 Å². The van der Waals surface area contributed by atoms with Crippen LogP contribution in [0, 0.1) is 0 Å². The van der Waals surface area contributed by atoms with Crippen molar-refractivity contribution >= 4 is 5.78 Å². The second-order valence-corrected chi connectivity index (χ2v) is 4.30. The van der Waals surface area contributed by atoms with E-state index in [4.69, 9.17) is 4.42 Å². The Bertz CT molecular complexity index is 329. The van der Waals surface area contributed by atoms with Crippen molar-refractivity contribution < 1.29 is 9.21 Å². The third kappa shape index (κ3) is 2.71.